The monoisotopic (exact) mass is 482 g/mol. The molecule has 0 unspecified atom stereocenters. The summed E-state index contributed by atoms with van der Waals surface area (Å²) in [4.78, 5) is 19.0. The lowest BCUT2D eigenvalue weighted by molar-refractivity contribution is -0.613. The number of hydrogen-bond acceptors (Lipinski definition) is 9. The highest BCUT2D eigenvalue weighted by atomic mass is 19.4. The fourth-order valence-corrected chi connectivity index (χ4v) is 3.83. The Labute approximate surface area is 191 Å². The molecule has 5 N–H and O–H groups in total. The van der Waals surface area contributed by atoms with Crippen LogP contribution >= 0.6 is 0 Å². The topological polar surface area (TPSA) is 160 Å². The van der Waals surface area contributed by atoms with Crippen molar-refractivity contribution < 1.29 is 37.2 Å². The number of aromatic nitrogens is 4. The second kappa shape index (κ2) is 9.37. The highest BCUT2D eigenvalue weighted by Crippen LogP contribution is 2.36. The van der Waals surface area contributed by atoms with E-state index >= 15 is 0 Å². The number of nitrogens with zero attached hydrogens (tertiary/aromatic N) is 4. The second-order valence-electron chi connectivity index (χ2n) is 8.14. The van der Waals surface area contributed by atoms with Gasteiger partial charge in [0.1, 0.15) is 11.7 Å². The number of alkyl halides is 3. The maximum Gasteiger partial charge on any atom is 0.423 e. The van der Waals surface area contributed by atoms with Crippen LogP contribution in [-0.4, -0.2) is 57.3 Å². The van der Waals surface area contributed by atoms with E-state index < -0.39 is 29.7 Å². The predicted octanol–water partition coefficient (Wildman–Crippen LogP) is 1.73. The van der Waals surface area contributed by atoms with Crippen LogP contribution in [0.4, 0.5) is 24.9 Å². The van der Waals surface area contributed by atoms with Gasteiger partial charge in [0.05, 0.1) is 19.1 Å². The van der Waals surface area contributed by atoms with Gasteiger partial charge in [-0.25, -0.2) is 9.78 Å². The zero-order valence-electron chi connectivity index (χ0n) is 17.9. The lowest BCUT2D eigenvalue weighted by Gasteiger charge is -2.29. The van der Waals surface area contributed by atoms with Gasteiger partial charge in [-0.3, -0.25) is 0 Å². The number of nitrogen functional groups attached to an aromatic ring is 1. The Morgan fingerprint density at radius 3 is 2.74 bits per heavy atom. The van der Waals surface area contributed by atoms with Crippen LogP contribution < -0.4 is 20.5 Å². The normalized spacial score (nSPS) is 20.9. The largest absolute Gasteiger partial charge is 0.476 e. The average Bonchev–Trinajstić information content (AvgIpc) is 2.75. The molecule has 1 aliphatic carbocycles. The molecule has 182 valence electrons. The summed E-state index contributed by atoms with van der Waals surface area (Å²) >= 11 is 0. The highest BCUT2D eigenvalue weighted by Gasteiger charge is 2.38. The van der Waals surface area contributed by atoms with Gasteiger partial charge in [-0.15, -0.1) is 4.68 Å². The number of carboxylic acid groups (broad SMARTS) is 1. The molecule has 1 aliphatic heterocycles. The van der Waals surface area contributed by atoms with Gasteiger partial charge in [-0.1, -0.05) is 11.5 Å². The molecule has 2 atom stereocenters. The third-order valence-electron chi connectivity index (χ3n) is 5.65. The first-order chi connectivity index (χ1) is 16.1. The van der Waals surface area contributed by atoms with Crippen LogP contribution in [0.3, 0.4) is 0 Å². The van der Waals surface area contributed by atoms with E-state index in [0.29, 0.717) is 31.9 Å². The molecule has 2 aliphatic rings. The molecule has 0 bridgehead atoms. The Bertz CT molecular complexity index is 1090. The van der Waals surface area contributed by atoms with Gasteiger partial charge in [0.15, 0.2) is 5.69 Å². The molecule has 1 saturated heterocycles. The standard InChI is InChI=1S/C20H22F3N7O4/c21-20(22,23)13-7-26-19(28-17(13)34-12-8-33-9-12)27-11-3-1-2-10(6-11)16(25)30-15(24)5-4-14(29-30)18(31)32/h4-5,7,10-12,24-25H,1-3,6,8-9H2,(H2,26,27,28,31,32)/p+1/t10-,11+/m0/s1. The summed E-state index contributed by atoms with van der Waals surface area (Å²) in [7, 11) is 0. The molecule has 0 radical (unpaired) electrons. The first-order valence-corrected chi connectivity index (χ1v) is 10.6. The van der Waals surface area contributed by atoms with Crippen molar-refractivity contribution in [2.24, 2.45) is 5.92 Å². The molecule has 2 aromatic heterocycles. The third kappa shape index (κ3) is 5.16. The number of rotatable bonds is 6. The third-order valence-corrected chi connectivity index (χ3v) is 5.65. The molecular formula is C20H23F3N7O4+. The molecular weight excluding hydrogens is 459 g/mol. The predicted molar refractivity (Wildman–Crippen MR) is 111 cm³/mol. The Morgan fingerprint density at radius 2 is 2.09 bits per heavy atom. The van der Waals surface area contributed by atoms with Crippen molar-refractivity contribution in [3.8, 4) is 5.88 Å². The van der Waals surface area contributed by atoms with E-state index in [4.69, 9.17) is 25.7 Å². The number of aromatic carboxylic acids is 1. The Balaban J connectivity index is 1.49. The van der Waals surface area contributed by atoms with E-state index in [0.717, 1.165) is 4.68 Å². The van der Waals surface area contributed by atoms with Crippen LogP contribution in [0.25, 0.3) is 0 Å². The molecule has 1 saturated carbocycles. The molecule has 0 aromatic carbocycles. The van der Waals surface area contributed by atoms with Crippen molar-refractivity contribution in [3.05, 3.63) is 29.6 Å². The van der Waals surface area contributed by atoms with Gasteiger partial charge in [0.25, 0.3) is 5.84 Å². The summed E-state index contributed by atoms with van der Waals surface area (Å²) in [5.41, 5.74) is 4.58. The number of nitrogens with one attached hydrogen (secondary N) is 2. The molecule has 3 heterocycles. The van der Waals surface area contributed by atoms with E-state index in [1.165, 1.54) is 12.1 Å². The lowest BCUT2D eigenvalue weighted by Crippen LogP contribution is -2.53. The Hall–Kier alpha value is -3.55. The molecule has 14 heteroatoms. The van der Waals surface area contributed by atoms with E-state index in [1.807, 2.05) is 0 Å². The summed E-state index contributed by atoms with van der Waals surface area (Å²) in [6, 6.07) is 2.39. The number of nitrogens with two attached hydrogens (primary N) is 1. The summed E-state index contributed by atoms with van der Waals surface area (Å²) in [5.74, 6) is -1.97. The minimum Gasteiger partial charge on any atom is -0.476 e. The van der Waals surface area contributed by atoms with Crippen LogP contribution in [0.2, 0.25) is 0 Å². The maximum atomic E-state index is 13.3. The smallest absolute Gasteiger partial charge is 0.423 e. The minimum atomic E-state index is -4.67. The number of halogens is 3. The molecule has 2 fully saturated rings. The van der Waals surface area contributed by atoms with Crippen LogP contribution in [-0.2, 0) is 10.9 Å². The number of hydrogen-bond donors (Lipinski definition) is 4. The van der Waals surface area contributed by atoms with Crippen molar-refractivity contribution in [1.82, 2.24) is 15.1 Å². The number of ether oxygens (including phenoxy) is 2. The summed E-state index contributed by atoms with van der Waals surface area (Å²) in [6.45, 7) is 0.378. The fraction of sp³-hybridized carbons (Fsp3) is 0.500. The van der Waals surface area contributed by atoms with Crippen molar-refractivity contribution >= 4 is 23.6 Å². The number of carboxylic acids is 1. The highest BCUT2D eigenvalue weighted by molar-refractivity contribution is 5.85. The fourth-order valence-electron chi connectivity index (χ4n) is 3.83. The SMILES string of the molecule is N=C([C@H]1CCC[C@@H](Nc2ncc(C(F)(F)F)c(OC3COC3)n2)C1)[n+]1nc(C(=O)O)ccc1N. The summed E-state index contributed by atoms with van der Waals surface area (Å²) in [5, 5.41) is 24.7. The second-order valence-corrected chi connectivity index (χ2v) is 8.14. The molecule has 2 aromatic rings. The zero-order chi connectivity index (χ0) is 24.5. The molecule has 11 nitrogen and oxygen atoms in total. The zero-order valence-corrected chi connectivity index (χ0v) is 17.9. The van der Waals surface area contributed by atoms with Crippen LogP contribution in [0.15, 0.2) is 18.3 Å². The average molecular weight is 482 g/mol. The number of anilines is 2. The van der Waals surface area contributed by atoms with Crippen LogP contribution in [0.5, 0.6) is 5.88 Å². The van der Waals surface area contributed by atoms with Gasteiger partial charge >= 0.3 is 12.1 Å². The maximum absolute atomic E-state index is 13.3. The van der Waals surface area contributed by atoms with E-state index in [1.54, 1.807) is 0 Å². The van der Waals surface area contributed by atoms with Crippen molar-refractivity contribution in [3.63, 3.8) is 0 Å². The van der Waals surface area contributed by atoms with Crippen molar-refractivity contribution in [2.75, 3.05) is 24.3 Å². The van der Waals surface area contributed by atoms with Gasteiger partial charge in [0.2, 0.25) is 17.6 Å². The van der Waals surface area contributed by atoms with Gasteiger partial charge < -0.3 is 25.6 Å². The molecule has 0 amide bonds. The van der Waals surface area contributed by atoms with Crippen LogP contribution in [0.1, 0.15) is 41.7 Å². The van der Waals surface area contributed by atoms with Crippen LogP contribution in [0, 0.1) is 11.3 Å². The quantitative estimate of drug-likeness (QED) is 0.273. The first kappa shape index (κ1) is 23.6. The molecule has 34 heavy (non-hydrogen) atoms. The molecule has 0 spiro atoms. The van der Waals surface area contributed by atoms with Gasteiger partial charge in [-0.2, -0.15) is 23.6 Å². The summed E-state index contributed by atoms with van der Waals surface area (Å²) < 4.78 is 51.4. The van der Waals surface area contributed by atoms with E-state index in [-0.39, 0.29) is 48.5 Å². The van der Waals surface area contributed by atoms with E-state index in [2.05, 4.69) is 20.4 Å². The summed E-state index contributed by atoms with van der Waals surface area (Å²) in [6.07, 6.45) is -2.01. The Morgan fingerprint density at radius 1 is 1.32 bits per heavy atom. The van der Waals surface area contributed by atoms with Gasteiger partial charge in [-0.05, 0) is 25.3 Å². The Kier molecular flexibility index (Phi) is 6.50. The van der Waals surface area contributed by atoms with Gasteiger partial charge in [0, 0.05) is 18.3 Å². The lowest BCUT2D eigenvalue weighted by atomic mass is 9.85. The van der Waals surface area contributed by atoms with Crippen molar-refractivity contribution in [1.29, 1.82) is 5.41 Å². The van der Waals surface area contributed by atoms with Crippen molar-refractivity contribution in [2.45, 2.75) is 44.0 Å². The number of carbonyl (C=O) groups is 1. The molecule has 4 rings (SSSR count). The van der Waals surface area contributed by atoms with E-state index in [9.17, 15) is 18.0 Å². The first-order valence-electron chi connectivity index (χ1n) is 10.6. The minimum absolute atomic E-state index is 0.0152.